The van der Waals surface area contributed by atoms with Gasteiger partial charge in [-0.2, -0.15) is 0 Å². The van der Waals surface area contributed by atoms with Crippen molar-refractivity contribution in [1.82, 2.24) is 14.8 Å². The molecule has 0 fully saturated rings. The Bertz CT molecular complexity index is 767. The Kier molecular flexibility index (Phi) is 4.80. The molecule has 0 bridgehead atoms. The minimum Gasteiger partial charge on any atom is -0.446 e. The zero-order valence-electron chi connectivity index (χ0n) is 11.8. The van der Waals surface area contributed by atoms with Crippen LogP contribution >= 0.6 is 27.7 Å². The number of thioether (sulfide) groups is 1. The van der Waals surface area contributed by atoms with Crippen molar-refractivity contribution >= 4 is 27.7 Å². The van der Waals surface area contributed by atoms with Crippen LogP contribution in [0, 0.1) is 0 Å². The third kappa shape index (κ3) is 3.34. The number of benzene rings is 1. The quantitative estimate of drug-likeness (QED) is 0.465. The summed E-state index contributed by atoms with van der Waals surface area (Å²) < 4.78 is 8.37. The van der Waals surface area contributed by atoms with Gasteiger partial charge >= 0.3 is 0 Å². The van der Waals surface area contributed by atoms with Gasteiger partial charge < -0.3 is 4.42 Å². The topological polar surface area (TPSA) is 43.9 Å². The van der Waals surface area contributed by atoms with Crippen molar-refractivity contribution in [3.05, 3.63) is 65.4 Å². The number of hydrogen-bond acceptors (Lipinski definition) is 4. The van der Waals surface area contributed by atoms with E-state index in [9.17, 15) is 0 Å². The minimum atomic E-state index is 0.678. The third-order valence-electron chi connectivity index (χ3n) is 3.02. The van der Waals surface area contributed by atoms with E-state index in [0.29, 0.717) is 17.0 Å². The van der Waals surface area contributed by atoms with Gasteiger partial charge in [-0.25, -0.2) is 0 Å². The van der Waals surface area contributed by atoms with E-state index in [1.165, 1.54) is 5.56 Å². The lowest BCUT2D eigenvalue weighted by Gasteiger charge is -2.08. The number of rotatable bonds is 6. The van der Waals surface area contributed by atoms with Crippen LogP contribution in [-0.4, -0.2) is 20.5 Å². The van der Waals surface area contributed by atoms with Crippen LogP contribution in [0.2, 0.25) is 0 Å². The van der Waals surface area contributed by atoms with Crippen molar-refractivity contribution in [2.45, 2.75) is 11.7 Å². The van der Waals surface area contributed by atoms with Crippen LogP contribution in [0.4, 0.5) is 0 Å². The molecule has 2 heterocycles. The van der Waals surface area contributed by atoms with Crippen LogP contribution in [0.1, 0.15) is 5.56 Å². The maximum atomic E-state index is 5.63. The standard InChI is InChI=1S/C16H14BrN3OS/c1-2-10-22-16-19-18-15(13-8-9-14(17)21-13)20(16)11-12-6-4-3-5-7-12/h2-9H,1,10-11H2. The van der Waals surface area contributed by atoms with E-state index in [-0.39, 0.29) is 0 Å². The predicted octanol–water partition coefficient (Wildman–Crippen LogP) is 4.63. The number of nitrogens with zero attached hydrogens (tertiary/aromatic N) is 3. The number of aromatic nitrogens is 3. The van der Waals surface area contributed by atoms with E-state index in [4.69, 9.17) is 4.42 Å². The lowest BCUT2D eigenvalue weighted by molar-refractivity contribution is 0.545. The fourth-order valence-electron chi connectivity index (χ4n) is 2.05. The lowest BCUT2D eigenvalue weighted by atomic mass is 10.2. The molecule has 3 rings (SSSR count). The van der Waals surface area contributed by atoms with Crippen LogP contribution < -0.4 is 0 Å². The molecule has 3 aromatic rings. The maximum absolute atomic E-state index is 5.63. The average molecular weight is 376 g/mol. The maximum Gasteiger partial charge on any atom is 0.200 e. The molecular formula is C16H14BrN3OS. The summed E-state index contributed by atoms with van der Waals surface area (Å²) in [7, 11) is 0. The fourth-order valence-corrected chi connectivity index (χ4v) is 3.03. The van der Waals surface area contributed by atoms with Gasteiger partial charge in [0.25, 0.3) is 0 Å². The van der Waals surface area contributed by atoms with E-state index in [1.54, 1.807) is 11.8 Å². The second-order valence-electron chi connectivity index (χ2n) is 4.58. The third-order valence-corrected chi connectivity index (χ3v) is 4.41. The molecule has 0 N–H and O–H groups in total. The van der Waals surface area contributed by atoms with Gasteiger partial charge in [-0.15, -0.1) is 16.8 Å². The predicted molar refractivity (Wildman–Crippen MR) is 91.9 cm³/mol. The molecule has 0 aliphatic heterocycles. The molecule has 0 aliphatic carbocycles. The average Bonchev–Trinajstić information content (AvgIpc) is 3.13. The van der Waals surface area contributed by atoms with Crippen LogP contribution in [0.25, 0.3) is 11.6 Å². The highest BCUT2D eigenvalue weighted by Gasteiger charge is 2.17. The largest absolute Gasteiger partial charge is 0.446 e. The van der Waals surface area contributed by atoms with Crippen molar-refractivity contribution in [3.8, 4) is 11.6 Å². The lowest BCUT2D eigenvalue weighted by Crippen LogP contribution is -2.03. The van der Waals surface area contributed by atoms with Crippen LogP contribution in [0.5, 0.6) is 0 Å². The van der Waals surface area contributed by atoms with Gasteiger partial charge in [-0.05, 0) is 33.6 Å². The fraction of sp³-hybridized carbons (Fsp3) is 0.125. The molecule has 0 unspecified atom stereocenters. The highest BCUT2D eigenvalue weighted by Crippen LogP contribution is 2.28. The van der Waals surface area contributed by atoms with Gasteiger partial charge in [0.2, 0.25) is 5.82 Å². The van der Waals surface area contributed by atoms with Gasteiger partial charge in [-0.1, -0.05) is 48.2 Å². The van der Waals surface area contributed by atoms with Gasteiger partial charge in [-0.3, -0.25) is 4.57 Å². The number of halogens is 1. The highest BCUT2D eigenvalue weighted by molar-refractivity contribution is 9.10. The summed E-state index contributed by atoms with van der Waals surface area (Å²) in [6.07, 6.45) is 1.86. The molecular weight excluding hydrogens is 362 g/mol. The van der Waals surface area contributed by atoms with Gasteiger partial charge in [0.15, 0.2) is 15.6 Å². The van der Waals surface area contributed by atoms with E-state index in [0.717, 1.165) is 16.7 Å². The van der Waals surface area contributed by atoms with Crippen LogP contribution in [0.15, 0.2) is 69.4 Å². The molecule has 0 saturated carbocycles. The number of hydrogen-bond donors (Lipinski definition) is 0. The minimum absolute atomic E-state index is 0.678. The first-order chi connectivity index (χ1) is 10.8. The van der Waals surface area contributed by atoms with E-state index >= 15 is 0 Å². The molecule has 0 aliphatic rings. The van der Waals surface area contributed by atoms with E-state index in [1.807, 2.05) is 36.4 Å². The Hall–Kier alpha value is -1.79. The Balaban J connectivity index is 1.99. The Morgan fingerprint density at radius 3 is 2.68 bits per heavy atom. The molecule has 0 atom stereocenters. The van der Waals surface area contributed by atoms with Crippen molar-refractivity contribution in [2.75, 3.05) is 5.75 Å². The molecule has 0 spiro atoms. The summed E-state index contributed by atoms with van der Waals surface area (Å²) in [5.41, 5.74) is 1.19. The van der Waals surface area contributed by atoms with Gasteiger partial charge in [0.05, 0.1) is 6.54 Å². The molecule has 4 nitrogen and oxygen atoms in total. The van der Waals surface area contributed by atoms with E-state index in [2.05, 4.69) is 49.4 Å². The normalized spacial score (nSPS) is 10.8. The summed E-state index contributed by atoms with van der Waals surface area (Å²) in [6, 6.07) is 14.0. The Morgan fingerprint density at radius 2 is 2.00 bits per heavy atom. The highest BCUT2D eigenvalue weighted by atomic mass is 79.9. The summed E-state index contributed by atoms with van der Waals surface area (Å²) >= 11 is 4.93. The summed E-state index contributed by atoms with van der Waals surface area (Å²) in [4.78, 5) is 0. The second kappa shape index (κ2) is 6.98. The molecule has 2 aromatic heterocycles. The molecule has 6 heteroatoms. The van der Waals surface area contributed by atoms with Crippen LogP contribution in [-0.2, 0) is 6.54 Å². The zero-order chi connectivity index (χ0) is 15.4. The summed E-state index contributed by atoms with van der Waals surface area (Å²) in [6.45, 7) is 4.45. The molecule has 0 saturated heterocycles. The number of furan rings is 1. The summed E-state index contributed by atoms with van der Waals surface area (Å²) in [5.74, 6) is 2.20. The Labute approximate surface area is 141 Å². The van der Waals surface area contributed by atoms with Crippen molar-refractivity contribution < 1.29 is 4.42 Å². The molecule has 112 valence electrons. The second-order valence-corrected chi connectivity index (χ2v) is 6.35. The van der Waals surface area contributed by atoms with Crippen molar-refractivity contribution in [1.29, 1.82) is 0 Å². The van der Waals surface area contributed by atoms with Crippen molar-refractivity contribution in [2.24, 2.45) is 0 Å². The Morgan fingerprint density at radius 1 is 1.18 bits per heavy atom. The first-order valence-electron chi connectivity index (χ1n) is 6.74. The molecule has 1 aromatic carbocycles. The SMILES string of the molecule is C=CCSc1nnc(-c2ccc(Br)o2)n1Cc1ccccc1. The first kappa shape index (κ1) is 15.1. The monoisotopic (exact) mass is 375 g/mol. The smallest absolute Gasteiger partial charge is 0.200 e. The first-order valence-corrected chi connectivity index (χ1v) is 8.52. The van der Waals surface area contributed by atoms with Gasteiger partial charge in [0.1, 0.15) is 0 Å². The molecule has 0 radical (unpaired) electrons. The molecule has 0 amide bonds. The van der Waals surface area contributed by atoms with Gasteiger partial charge in [0, 0.05) is 5.75 Å². The van der Waals surface area contributed by atoms with Crippen LogP contribution in [0.3, 0.4) is 0 Å². The van der Waals surface area contributed by atoms with E-state index < -0.39 is 0 Å². The van der Waals surface area contributed by atoms with Crippen molar-refractivity contribution in [3.63, 3.8) is 0 Å². The molecule has 22 heavy (non-hydrogen) atoms. The zero-order valence-corrected chi connectivity index (χ0v) is 14.2. The summed E-state index contributed by atoms with van der Waals surface area (Å²) in [5, 5.41) is 9.43.